The molecule has 0 radical (unpaired) electrons. The molecular weight excluding hydrogens is 366 g/mol. The van der Waals surface area contributed by atoms with Crippen molar-refractivity contribution in [2.75, 3.05) is 5.01 Å². The quantitative estimate of drug-likeness (QED) is 0.868. The van der Waals surface area contributed by atoms with Crippen LogP contribution >= 0.6 is 0 Å². The van der Waals surface area contributed by atoms with Crippen LogP contribution in [-0.2, 0) is 4.79 Å². The smallest absolute Gasteiger partial charge is 0.279 e. The number of carbonyl (C=O) groups excluding carboxylic acids is 2. The van der Waals surface area contributed by atoms with Gasteiger partial charge in [0.15, 0.2) is 0 Å². The Morgan fingerprint density at radius 3 is 2.45 bits per heavy atom. The van der Waals surface area contributed by atoms with Gasteiger partial charge in [0.2, 0.25) is 5.91 Å². The molecule has 2 aromatic rings. The fourth-order valence-electron chi connectivity index (χ4n) is 3.93. The second-order valence-electron chi connectivity index (χ2n) is 7.50. The van der Waals surface area contributed by atoms with Gasteiger partial charge >= 0.3 is 0 Å². The molecule has 150 valence electrons. The second-order valence-corrected chi connectivity index (χ2v) is 7.50. The van der Waals surface area contributed by atoms with Crippen molar-refractivity contribution in [3.63, 3.8) is 0 Å². The van der Waals surface area contributed by atoms with Gasteiger partial charge in [-0.2, -0.15) is 5.10 Å². The van der Waals surface area contributed by atoms with Gasteiger partial charge in [-0.3, -0.25) is 24.2 Å². The maximum Gasteiger partial charge on any atom is 0.279 e. The van der Waals surface area contributed by atoms with Crippen LogP contribution in [0.3, 0.4) is 0 Å². The molecule has 1 atom stereocenters. The summed E-state index contributed by atoms with van der Waals surface area (Å²) in [6.45, 7) is 0. The van der Waals surface area contributed by atoms with Gasteiger partial charge < -0.3 is 5.73 Å². The highest BCUT2D eigenvalue weighted by Gasteiger charge is 2.35. The molecule has 1 unspecified atom stereocenters. The maximum atomic E-state index is 13.2. The molecule has 1 saturated carbocycles. The number of nitrogens with zero attached hydrogens (tertiary/aromatic N) is 4. The molecular formula is C22H25N5O2. The third-order valence-corrected chi connectivity index (χ3v) is 5.45. The van der Waals surface area contributed by atoms with Crippen LogP contribution in [0.2, 0.25) is 0 Å². The van der Waals surface area contributed by atoms with Gasteiger partial charge in [0, 0.05) is 12.6 Å². The molecule has 2 heterocycles. The van der Waals surface area contributed by atoms with Crippen molar-refractivity contribution >= 4 is 23.2 Å². The van der Waals surface area contributed by atoms with E-state index in [0.717, 1.165) is 18.5 Å². The lowest BCUT2D eigenvalue weighted by molar-refractivity contribution is -0.119. The van der Waals surface area contributed by atoms with Crippen LogP contribution in [0.1, 0.15) is 43.3 Å². The Hall–Kier alpha value is -3.22. The SMILES string of the molecule is NC(=O)C1CC(C(=O)n2ccccc2=NC2CCCCC2)=NN1c1ccccc1. The number of benzene rings is 1. The molecule has 2 N–H and O–H groups in total. The van der Waals surface area contributed by atoms with E-state index in [9.17, 15) is 9.59 Å². The predicted octanol–water partition coefficient (Wildman–Crippen LogP) is 2.48. The average Bonchev–Trinajstić information content (AvgIpc) is 3.21. The Balaban J connectivity index is 1.66. The molecule has 29 heavy (non-hydrogen) atoms. The molecule has 1 fully saturated rings. The predicted molar refractivity (Wildman–Crippen MR) is 111 cm³/mol. The molecule has 1 aromatic carbocycles. The molecule has 4 rings (SSSR count). The fraction of sp³-hybridized carbons (Fsp3) is 0.364. The third-order valence-electron chi connectivity index (χ3n) is 5.45. The Morgan fingerprint density at radius 1 is 1.00 bits per heavy atom. The summed E-state index contributed by atoms with van der Waals surface area (Å²) in [6, 6.07) is 14.4. The van der Waals surface area contributed by atoms with Crippen LogP contribution in [0.15, 0.2) is 64.8 Å². The highest BCUT2D eigenvalue weighted by molar-refractivity contribution is 6.41. The number of rotatable bonds is 4. The maximum absolute atomic E-state index is 13.2. The van der Waals surface area contributed by atoms with Crippen LogP contribution in [0.4, 0.5) is 5.69 Å². The molecule has 0 spiro atoms. The van der Waals surface area contributed by atoms with Gasteiger partial charge in [-0.15, -0.1) is 0 Å². The highest BCUT2D eigenvalue weighted by atomic mass is 16.2. The molecule has 7 heteroatoms. The van der Waals surface area contributed by atoms with E-state index in [-0.39, 0.29) is 18.4 Å². The zero-order valence-corrected chi connectivity index (χ0v) is 16.3. The second kappa shape index (κ2) is 8.43. The molecule has 1 aromatic heterocycles. The van der Waals surface area contributed by atoms with Crippen LogP contribution in [-0.4, -0.2) is 34.2 Å². The first-order chi connectivity index (χ1) is 14.1. The summed E-state index contributed by atoms with van der Waals surface area (Å²) >= 11 is 0. The minimum absolute atomic E-state index is 0.174. The normalized spacial score (nSPS) is 20.6. The summed E-state index contributed by atoms with van der Waals surface area (Å²) in [5.74, 6) is -0.782. The van der Waals surface area contributed by atoms with E-state index in [2.05, 4.69) is 5.10 Å². The van der Waals surface area contributed by atoms with E-state index in [1.54, 1.807) is 12.3 Å². The molecule has 0 saturated heterocycles. The molecule has 1 aliphatic heterocycles. The molecule has 0 bridgehead atoms. The van der Waals surface area contributed by atoms with Crippen molar-refractivity contribution in [1.82, 2.24) is 4.57 Å². The van der Waals surface area contributed by atoms with Crippen molar-refractivity contribution < 1.29 is 9.59 Å². The summed E-state index contributed by atoms with van der Waals surface area (Å²) in [4.78, 5) is 30.1. The van der Waals surface area contributed by atoms with Crippen LogP contribution in [0.5, 0.6) is 0 Å². The fourth-order valence-corrected chi connectivity index (χ4v) is 3.93. The summed E-state index contributed by atoms with van der Waals surface area (Å²) in [7, 11) is 0. The van der Waals surface area contributed by atoms with Gasteiger partial charge in [-0.1, -0.05) is 43.5 Å². The number of hydrazone groups is 1. The molecule has 7 nitrogen and oxygen atoms in total. The summed E-state index contributed by atoms with van der Waals surface area (Å²) < 4.78 is 1.53. The first-order valence-corrected chi connectivity index (χ1v) is 10.1. The molecule has 1 aliphatic carbocycles. The zero-order chi connectivity index (χ0) is 20.2. The van der Waals surface area contributed by atoms with Crippen LogP contribution in [0.25, 0.3) is 0 Å². The van der Waals surface area contributed by atoms with Gasteiger partial charge in [0.1, 0.15) is 17.2 Å². The Bertz CT molecular complexity index is 990. The Kier molecular flexibility index (Phi) is 5.55. The summed E-state index contributed by atoms with van der Waals surface area (Å²) in [5.41, 5.74) is 7.24. The molecule has 2 aliphatic rings. The monoisotopic (exact) mass is 391 g/mol. The number of amides is 1. The first-order valence-electron chi connectivity index (χ1n) is 10.1. The van der Waals surface area contributed by atoms with Crippen molar-refractivity contribution in [3.8, 4) is 0 Å². The lowest BCUT2D eigenvalue weighted by atomic mass is 9.96. The van der Waals surface area contributed by atoms with Crippen molar-refractivity contribution in [2.24, 2.45) is 15.8 Å². The summed E-state index contributed by atoms with van der Waals surface area (Å²) in [6.07, 6.45) is 7.58. The minimum atomic E-state index is -0.681. The van der Waals surface area contributed by atoms with E-state index >= 15 is 0 Å². The third kappa shape index (κ3) is 4.13. The zero-order valence-electron chi connectivity index (χ0n) is 16.3. The number of para-hydroxylation sites is 1. The van der Waals surface area contributed by atoms with E-state index in [1.165, 1.54) is 28.8 Å². The number of anilines is 1. The van der Waals surface area contributed by atoms with Crippen molar-refractivity contribution in [1.29, 1.82) is 0 Å². The Labute approximate surface area is 169 Å². The van der Waals surface area contributed by atoms with E-state index in [4.69, 9.17) is 10.7 Å². The molecule has 1 amide bonds. The highest BCUT2D eigenvalue weighted by Crippen LogP contribution is 2.24. The topological polar surface area (TPSA) is 93.0 Å². The van der Waals surface area contributed by atoms with Gasteiger partial charge in [-0.25, -0.2) is 0 Å². The largest absolute Gasteiger partial charge is 0.368 e. The number of pyridine rings is 1. The number of aromatic nitrogens is 1. The van der Waals surface area contributed by atoms with E-state index in [1.807, 2.05) is 42.5 Å². The lowest BCUT2D eigenvalue weighted by Gasteiger charge is -2.20. The van der Waals surface area contributed by atoms with Crippen LogP contribution in [0, 0.1) is 0 Å². The van der Waals surface area contributed by atoms with Gasteiger partial charge in [0.05, 0.1) is 11.7 Å². The number of nitrogens with two attached hydrogens (primary N) is 1. The number of hydrogen-bond acceptors (Lipinski definition) is 5. The van der Waals surface area contributed by atoms with Gasteiger partial charge in [0.25, 0.3) is 5.91 Å². The summed E-state index contributed by atoms with van der Waals surface area (Å²) in [5, 5.41) is 6.00. The minimum Gasteiger partial charge on any atom is -0.368 e. The van der Waals surface area contributed by atoms with Crippen molar-refractivity contribution in [2.45, 2.75) is 50.6 Å². The van der Waals surface area contributed by atoms with Gasteiger partial charge in [-0.05, 0) is 37.1 Å². The number of hydrogen-bond donors (Lipinski definition) is 1. The standard InChI is InChI=1S/C22H25N5O2/c23-21(28)19-15-18(25-27(19)17-11-5-2-6-12-17)22(29)26-14-8-7-13-20(26)24-16-9-3-1-4-10-16/h2,5-8,11-14,16,19H,1,3-4,9-10,15H2,(H2,23,28). The first kappa shape index (κ1) is 19.1. The van der Waals surface area contributed by atoms with E-state index < -0.39 is 11.9 Å². The van der Waals surface area contributed by atoms with Crippen LogP contribution < -0.4 is 16.2 Å². The Morgan fingerprint density at radius 2 is 1.72 bits per heavy atom. The average molecular weight is 391 g/mol. The van der Waals surface area contributed by atoms with E-state index in [0.29, 0.717) is 11.2 Å². The number of carbonyl (C=O) groups is 2. The lowest BCUT2D eigenvalue weighted by Crippen LogP contribution is -2.39. The van der Waals surface area contributed by atoms with Crippen molar-refractivity contribution in [3.05, 3.63) is 60.2 Å². The number of primary amides is 1.